The van der Waals surface area contributed by atoms with Gasteiger partial charge >= 0.3 is 0 Å². The van der Waals surface area contributed by atoms with E-state index in [0.717, 1.165) is 26.7 Å². The van der Waals surface area contributed by atoms with Gasteiger partial charge in [-0.1, -0.05) is 69.6 Å². The van der Waals surface area contributed by atoms with Crippen molar-refractivity contribution in [3.63, 3.8) is 0 Å². The molecule has 10 nitrogen and oxygen atoms in total. The number of methoxy groups -OCH3 is 1. The smallest absolute Gasteiger partial charge is 0.252 e. The molecule has 1 heterocycles. The van der Waals surface area contributed by atoms with Crippen molar-refractivity contribution in [1.82, 2.24) is 5.32 Å². The molecule has 1 amide bonds. The number of hydrogen-bond donors (Lipinski definition) is 2. The lowest BCUT2D eigenvalue weighted by Crippen LogP contribution is -2.50. The molecule has 2 N–H and O–H groups in total. The Bertz CT molecular complexity index is 1740. The number of aliphatic hydroxyl groups is 1. The zero-order valence-electron chi connectivity index (χ0n) is 26.0. The third-order valence-electron chi connectivity index (χ3n) is 7.92. The first-order valence-electron chi connectivity index (χ1n) is 15.3. The van der Waals surface area contributed by atoms with Gasteiger partial charge in [-0.05, 0) is 82.7 Å². The molecule has 4 aromatic carbocycles. The van der Waals surface area contributed by atoms with E-state index in [2.05, 4.69) is 31.3 Å². The molecule has 47 heavy (non-hydrogen) atoms. The van der Waals surface area contributed by atoms with Gasteiger partial charge in [0.2, 0.25) is 5.90 Å². The van der Waals surface area contributed by atoms with Crippen LogP contribution in [0.2, 0.25) is 0 Å². The van der Waals surface area contributed by atoms with Crippen molar-refractivity contribution < 1.29 is 24.1 Å². The van der Waals surface area contributed by atoms with E-state index in [4.69, 9.17) is 29.8 Å². The fourth-order valence-corrected chi connectivity index (χ4v) is 5.76. The number of carbonyl (C=O) groups is 1. The average molecular weight is 699 g/mol. The van der Waals surface area contributed by atoms with Gasteiger partial charge in [0.1, 0.15) is 11.5 Å². The van der Waals surface area contributed by atoms with E-state index in [-0.39, 0.29) is 25.5 Å². The lowest BCUT2D eigenvalue weighted by Gasteiger charge is -2.31. The number of ether oxygens (including phenoxy) is 3. The van der Waals surface area contributed by atoms with Crippen LogP contribution in [-0.4, -0.2) is 49.3 Å². The maximum atomic E-state index is 14.6. The highest BCUT2D eigenvalue weighted by Crippen LogP contribution is 2.43. The number of aliphatic hydroxyl groups excluding tert-OH is 1. The Morgan fingerprint density at radius 1 is 1.04 bits per heavy atom. The minimum absolute atomic E-state index is 0.0493. The van der Waals surface area contributed by atoms with Gasteiger partial charge in [-0.25, -0.2) is 4.99 Å². The molecule has 0 unspecified atom stereocenters. The minimum Gasteiger partial charge on any atom is -0.497 e. The molecule has 1 aliphatic rings. The maximum absolute atomic E-state index is 14.6. The topological polar surface area (TPSA) is 138 Å². The lowest BCUT2D eigenvalue weighted by atomic mass is 9.80. The first kappa shape index (κ1) is 33.5. The molecule has 0 saturated carbocycles. The van der Waals surface area contributed by atoms with Gasteiger partial charge in [0.05, 0.1) is 20.3 Å². The monoisotopic (exact) mass is 697 g/mol. The summed E-state index contributed by atoms with van der Waals surface area (Å²) >= 11 is 3.47. The molecule has 1 aliphatic heterocycles. The van der Waals surface area contributed by atoms with Crippen molar-refractivity contribution in [3.8, 4) is 11.5 Å². The lowest BCUT2D eigenvalue weighted by molar-refractivity contribution is -0.128. The molecule has 242 valence electrons. The summed E-state index contributed by atoms with van der Waals surface area (Å²) < 4.78 is 18.9. The summed E-state index contributed by atoms with van der Waals surface area (Å²) in [4.78, 5) is 22.7. The molecule has 11 heteroatoms. The van der Waals surface area contributed by atoms with E-state index in [1.807, 2.05) is 97.1 Å². The highest BCUT2D eigenvalue weighted by molar-refractivity contribution is 9.10. The van der Waals surface area contributed by atoms with Gasteiger partial charge in [-0.15, -0.1) is 0 Å². The number of benzene rings is 4. The molecular formula is C36H36BrN5O5. The Hall–Kier alpha value is -4.83. The van der Waals surface area contributed by atoms with E-state index in [9.17, 15) is 4.79 Å². The van der Waals surface area contributed by atoms with Crippen molar-refractivity contribution in [3.05, 3.63) is 140 Å². The number of aliphatic imine (C=N–C) groups is 1. The number of azide groups is 1. The SMILES string of the molecule is COc1cccc([C@H]2OC(c3ccc(OCCCO)cc3)=N[C@@]2(Cc2ccccc2CN=[N+]=[N-])C(=O)NCCc2ccc(Br)cc2)c1. The predicted octanol–water partition coefficient (Wildman–Crippen LogP) is 6.89. The van der Waals surface area contributed by atoms with Gasteiger partial charge in [0.25, 0.3) is 5.91 Å². The van der Waals surface area contributed by atoms with Gasteiger partial charge in [-0.2, -0.15) is 0 Å². The van der Waals surface area contributed by atoms with E-state index < -0.39 is 11.6 Å². The quantitative estimate of drug-likeness (QED) is 0.0603. The Morgan fingerprint density at radius 2 is 1.81 bits per heavy atom. The fourth-order valence-electron chi connectivity index (χ4n) is 5.49. The second-order valence-corrected chi connectivity index (χ2v) is 11.9. The molecule has 5 rings (SSSR count). The molecule has 4 aromatic rings. The van der Waals surface area contributed by atoms with Crippen molar-refractivity contribution in [2.24, 2.45) is 10.1 Å². The molecular weight excluding hydrogens is 662 g/mol. The van der Waals surface area contributed by atoms with E-state index in [1.165, 1.54) is 0 Å². The average Bonchev–Trinajstić information content (AvgIpc) is 3.49. The fraction of sp³-hybridized carbons (Fsp3) is 0.278. The highest BCUT2D eigenvalue weighted by atomic mass is 79.9. The van der Waals surface area contributed by atoms with Crippen LogP contribution in [0.15, 0.2) is 112 Å². The second-order valence-electron chi connectivity index (χ2n) is 11.0. The Morgan fingerprint density at radius 3 is 2.53 bits per heavy atom. The van der Waals surface area contributed by atoms with Crippen LogP contribution < -0.4 is 14.8 Å². The van der Waals surface area contributed by atoms with E-state index in [1.54, 1.807) is 7.11 Å². The van der Waals surface area contributed by atoms with Crippen LogP contribution >= 0.6 is 15.9 Å². The Labute approximate surface area is 282 Å². The first-order chi connectivity index (χ1) is 23.0. The van der Waals surface area contributed by atoms with Crippen LogP contribution in [0.4, 0.5) is 0 Å². The van der Waals surface area contributed by atoms with Crippen LogP contribution in [-0.2, 0) is 28.9 Å². The van der Waals surface area contributed by atoms with E-state index >= 15 is 0 Å². The molecule has 2 atom stereocenters. The van der Waals surface area contributed by atoms with Gasteiger partial charge < -0.3 is 24.6 Å². The van der Waals surface area contributed by atoms with Crippen LogP contribution in [0.3, 0.4) is 0 Å². The molecule has 0 aromatic heterocycles. The van der Waals surface area contributed by atoms with E-state index in [0.29, 0.717) is 49.0 Å². The standard InChI is InChI=1S/C36H36BrN5O5/c1-45-32-9-4-8-27(22-32)33-36(23-28-6-2-3-7-29(28)24-40-42-38,35(44)39-19-18-25-10-14-30(37)15-11-25)41-34(47-33)26-12-16-31(17-13-26)46-21-5-20-43/h2-4,6-17,22,33,43H,5,18-21,23-24H2,1H3,(H,39,44)/t33-,36-/m1/s1. The Balaban J connectivity index is 1.57. The molecule has 0 spiro atoms. The van der Waals surface area contributed by atoms with Crippen molar-refractivity contribution in [2.75, 3.05) is 26.9 Å². The molecule has 0 aliphatic carbocycles. The van der Waals surface area contributed by atoms with Crippen molar-refractivity contribution in [2.45, 2.75) is 37.5 Å². The predicted molar refractivity (Wildman–Crippen MR) is 184 cm³/mol. The third-order valence-corrected chi connectivity index (χ3v) is 8.45. The zero-order chi connectivity index (χ0) is 33.1. The molecule has 0 bridgehead atoms. The van der Waals surface area contributed by atoms with Gasteiger partial charge in [0, 0.05) is 40.9 Å². The van der Waals surface area contributed by atoms with Crippen LogP contribution in [0.25, 0.3) is 10.4 Å². The molecule has 0 radical (unpaired) electrons. The number of amides is 1. The summed E-state index contributed by atoms with van der Waals surface area (Å²) in [7, 11) is 1.59. The number of hydrogen-bond acceptors (Lipinski definition) is 7. The summed E-state index contributed by atoms with van der Waals surface area (Å²) in [6, 6.07) is 30.3. The normalized spacial score (nSPS) is 16.8. The van der Waals surface area contributed by atoms with Crippen LogP contribution in [0, 0.1) is 0 Å². The molecule has 0 saturated heterocycles. The number of rotatable bonds is 15. The van der Waals surface area contributed by atoms with Crippen LogP contribution in [0.5, 0.6) is 11.5 Å². The van der Waals surface area contributed by atoms with Crippen LogP contribution in [0.1, 0.15) is 40.3 Å². The summed E-state index contributed by atoms with van der Waals surface area (Å²) in [5.74, 6) is 1.29. The number of carbonyl (C=O) groups excluding carboxylic acids is 1. The summed E-state index contributed by atoms with van der Waals surface area (Å²) in [5.41, 5.74) is 11.7. The largest absolute Gasteiger partial charge is 0.497 e. The minimum atomic E-state index is -1.43. The Kier molecular flexibility index (Phi) is 11.5. The summed E-state index contributed by atoms with van der Waals surface area (Å²) in [6.07, 6.45) is 0.525. The van der Waals surface area contributed by atoms with Gasteiger partial charge in [-0.3, -0.25) is 4.79 Å². The van der Waals surface area contributed by atoms with Crippen molar-refractivity contribution >= 4 is 27.7 Å². The van der Waals surface area contributed by atoms with Crippen molar-refractivity contribution in [1.29, 1.82) is 0 Å². The summed E-state index contributed by atoms with van der Waals surface area (Å²) in [5, 5.41) is 16.0. The number of nitrogens with one attached hydrogen (secondary N) is 1. The summed E-state index contributed by atoms with van der Waals surface area (Å²) in [6.45, 7) is 0.961. The maximum Gasteiger partial charge on any atom is 0.252 e. The third kappa shape index (κ3) is 8.31. The number of nitrogens with zero attached hydrogens (tertiary/aromatic N) is 4. The zero-order valence-corrected chi connectivity index (χ0v) is 27.6. The first-order valence-corrected chi connectivity index (χ1v) is 16.1. The second kappa shape index (κ2) is 16.1. The molecule has 0 fully saturated rings. The number of halogens is 1. The van der Waals surface area contributed by atoms with Gasteiger partial charge in [0.15, 0.2) is 11.6 Å². The highest BCUT2D eigenvalue weighted by Gasteiger charge is 2.53.